The van der Waals surface area contributed by atoms with Crippen molar-refractivity contribution < 1.29 is 24.3 Å². The van der Waals surface area contributed by atoms with Crippen molar-refractivity contribution in [2.45, 2.75) is 18.0 Å². The van der Waals surface area contributed by atoms with Gasteiger partial charge in [-0.25, -0.2) is 0 Å². The van der Waals surface area contributed by atoms with Gasteiger partial charge in [0.1, 0.15) is 0 Å². The number of carboxylic acids is 1. The molecule has 0 spiro atoms. The fourth-order valence-electron chi connectivity index (χ4n) is 2.15. The van der Waals surface area contributed by atoms with Crippen molar-refractivity contribution in [3.8, 4) is 0 Å². The molecule has 0 bridgehead atoms. The van der Waals surface area contributed by atoms with Gasteiger partial charge in [0.25, 0.3) is 0 Å². The van der Waals surface area contributed by atoms with Gasteiger partial charge in [0.2, 0.25) is 0 Å². The van der Waals surface area contributed by atoms with E-state index in [9.17, 15) is 24.3 Å². The predicted octanol–water partition coefficient (Wildman–Crippen LogP) is -1.64. The van der Waals surface area contributed by atoms with Gasteiger partial charge in [0.05, 0.1) is 0 Å². The van der Waals surface area contributed by atoms with Crippen molar-refractivity contribution in [3.05, 3.63) is 35.4 Å². The van der Waals surface area contributed by atoms with E-state index in [-0.39, 0.29) is 6.42 Å². The third-order valence-corrected chi connectivity index (χ3v) is 4.16. The lowest BCUT2D eigenvalue weighted by Crippen LogP contribution is -2.38. The number of rotatable bonds is 2. The first-order valence-corrected chi connectivity index (χ1v) is 6.33. The molecule has 0 amide bonds. The first kappa shape index (κ1) is 11.3. The quantitative estimate of drug-likeness (QED) is 0.575. The molecule has 5 nitrogen and oxygen atoms in total. The molecule has 0 N–H and O–H groups in total. The molecular formula is C10H8O5P-3. The molecule has 0 radical (unpaired) electrons. The van der Waals surface area contributed by atoms with Crippen molar-refractivity contribution in [2.75, 3.05) is 0 Å². The van der Waals surface area contributed by atoms with Crippen LogP contribution >= 0.6 is 7.60 Å². The summed E-state index contributed by atoms with van der Waals surface area (Å²) >= 11 is 0. The summed E-state index contributed by atoms with van der Waals surface area (Å²) in [7, 11) is -4.93. The topological polar surface area (TPSA) is 103 Å². The Kier molecular flexibility index (Phi) is 2.62. The van der Waals surface area contributed by atoms with E-state index in [0.717, 1.165) is 0 Å². The molecule has 0 aromatic heterocycles. The number of carboxylic acid groups (broad SMARTS) is 1. The van der Waals surface area contributed by atoms with Gasteiger partial charge >= 0.3 is 0 Å². The lowest BCUT2D eigenvalue weighted by atomic mass is 10.0. The average Bonchev–Trinajstić information content (AvgIpc) is 2.55. The fourth-order valence-corrected chi connectivity index (χ4v) is 3.22. The summed E-state index contributed by atoms with van der Waals surface area (Å²) in [4.78, 5) is 32.9. The van der Waals surface area contributed by atoms with Crippen molar-refractivity contribution in [1.29, 1.82) is 0 Å². The van der Waals surface area contributed by atoms with E-state index in [2.05, 4.69) is 0 Å². The monoisotopic (exact) mass is 239 g/mol. The van der Waals surface area contributed by atoms with Gasteiger partial charge in [-0.1, -0.05) is 31.9 Å². The zero-order valence-corrected chi connectivity index (χ0v) is 9.05. The molecule has 16 heavy (non-hydrogen) atoms. The maximum absolute atomic E-state index is 11.0. The maximum Gasteiger partial charge on any atom is 0.0496 e. The van der Waals surface area contributed by atoms with Crippen LogP contribution in [0.2, 0.25) is 0 Å². The molecule has 2 rings (SSSR count). The molecule has 0 heterocycles. The lowest BCUT2D eigenvalue weighted by Gasteiger charge is -2.39. The van der Waals surface area contributed by atoms with Gasteiger partial charge < -0.3 is 24.3 Å². The van der Waals surface area contributed by atoms with Crippen LogP contribution in [0.4, 0.5) is 0 Å². The average molecular weight is 239 g/mol. The second-order valence-corrected chi connectivity index (χ2v) is 5.55. The zero-order valence-electron chi connectivity index (χ0n) is 8.16. The summed E-state index contributed by atoms with van der Waals surface area (Å²) < 4.78 is 11.0. The Bertz CT molecular complexity index is 478. The second kappa shape index (κ2) is 3.70. The van der Waals surface area contributed by atoms with Crippen LogP contribution in [-0.4, -0.2) is 11.6 Å². The van der Waals surface area contributed by atoms with Crippen LogP contribution in [0, 0.1) is 0 Å². The molecule has 1 aromatic rings. The Morgan fingerprint density at radius 1 is 1.31 bits per heavy atom. The predicted molar refractivity (Wildman–Crippen MR) is 49.3 cm³/mol. The molecule has 1 aliphatic rings. The Morgan fingerprint density at radius 3 is 2.50 bits per heavy atom. The summed E-state index contributed by atoms with van der Waals surface area (Å²) in [6.07, 6.45) is -0.0426. The molecule has 6 heteroatoms. The van der Waals surface area contributed by atoms with Gasteiger partial charge in [-0.2, -0.15) is 0 Å². The van der Waals surface area contributed by atoms with Crippen molar-refractivity contribution in [2.24, 2.45) is 0 Å². The van der Waals surface area contributed by atoms with E-state index in [1.165, 1.54) is 6.07 Å². The zero-order chi connectivity index (χ0) is 11.9. The van der Waals surface area contributed by atoms with Crippen LogP contribution < -0.4 is 14.9 Å². The number of benzene rings is 1. The first-order chi connectivity index (χ1) is 7.41. The Labute approximate surface area is 91.9 Å². The minimum absolute atomic E-state index is 0.0426. The summed E-state index contributed by atoms with van der Waals surface area (Å²) in [5.74, 6) is -2.85. The smallest absolute Gasteiger partial charge is 0.0496 e. The highest BCUT2D eigenvalue weighted by atomic mass is 31.2. The molecular weight excluding hydrogens is 231 g/mol. The number of carbonyl (C=O) groups is 1. The molecule has 1 aromatic carbocycles. The van der Waals surface area contributed by atoms with Gasteiger partial charge in [-0.15, -0.1) is 0 Å². The number of hydrogen-bond donors (Lipinski definition) is 0. The van der Waals surface area contributed by atoms with Gasteiger partial charge in [-0.3, -0.25) is 0 Å². The largest absolute Gasteiger partial charge is 0.810 e. The SMILES string of the molecule is O=C([O-])[C@@H]1c2ccccc2C[C@@H]1P(=O)([O-])[O-]. The molecule has 2 atom stereocenters. The lowest BCUT2D eigenvalue weighted by molar-refractivity contribution is -0.323. The van der Waals surface area contributed by atoms with Crippen LogP contribution in [0.15, 0.2) is 24.3 Å². The van der Waals surface area contributed by atoms with Gasteiger partial charge in [0.15, 0.2) is 0 Å². The normalized spacial score (nSPS) is 24.1. The minimum Gasteiger partial charge on any atom is -0.810 e. The van der Waals surface area contributed by atoms with E-state index in [1.807, 2.05) is 0 Å². The first-order valence-electron chi connectivity index (χ1n) is 4.71. The number of carbonyl (C=O) groups excluding carboxylic acids is 1. The van der Waals surface area contributed by atoms with Crippen molar-refractivity contribution in [1.82, 2.24) is 0 Å². The third-order valence-electron chi connectivity index (χ3n) is 2.86. The molecule has 0 saturated carbocycles. The van der Waals surface area contributed by atoms with E-state index in [1.54, 1.807) is 18.2 Å². The Morgan fingerprint density at radius 2 is 1.94 bits per heavy atom. The van der Waals surface area contributed by atoms with Crippen LogP contribution in [0.5, 0.6) is 0 Å². The van der Waals surface area contributed by atoms with Crippen LogP contribution in [-0.2, 0) is 15.8 Å². The highest BCUT2D eigenvalue weighted by Crippen LogP contribution is 2.48. The maximum atomic E-state index is 11.0. The Balaban J connectivity index is 2.50. The van der Waals surface area contributed by atoms with E-state index < -0.39 is 25.1 Å². The number of fused-ring (bicyclic) bond motifs is 1. The fraction of sp³-hybridized carbons (Fsp3) is 0.300. The van der Waals surface area contributed by atoms with Gasteiger partial charge in [0, 0.05) is 17.5 Å². The molecule has 86 valence electrons. The molecule has 0 unspecified atom stereocenters. The summed E-state index contributed by atoms with van der Waals surface area (Å²) in [6.45, 7) is 0. The summed E-state index contributed by atoms with van der Waals surface area (Å²) in [6, 6.07) is 6.43. The molecule has 1 aliphatic carbocycles. The van der Waals surface area contributed by atoms with Crippen LogP contribution in [0.3, 0.4) is 0 Å². The van der Waals surface area contributed by atoms with Crippen molar-refractivity contribution >= 4 is 13.6 Å². The third kappa shape index (κ3) is 1.78. The van der Waals surface area contributed by atoms with E-state index in [4.69, 9.17) is 0 Å². The summed E-state index contributed by atoms with van der Waals surface area (Å²) in [5, 5.41) is 10.9. The van der Waals surface area contributed by atoms with Crippen LogP contribution in [0.25, 0.3) is 0 Å². The second-order valence-electron chi connectivity index (χ2n) is 3.81. The molecule has 0 fully saturated rings. The Hall–Kier alpha value is -1.16. The minimum atomic E-state index is -4.93. The standard InChI is InChI=1S/C10H11O5P/c11-10(12)9-7-4-2-1-3-6(7)5-8(9)16(13,14)15/h1-4,8-9H,5H2,(H,11,12)(H2,13,14,15)/p-3/t8-,9+/m0/s1. The van der Waals surface area contributed by atoms with E-state index >= 15 is 0 Å². The number of aliphatic carboxylic acids is 1. The highest BCUT2D eigenvalue weighted by Gasteiger charge is 2.35. The van der Waals surface area contributed by atoms with Gasteiger partial charge in [-0.05, 0) is 17.5 Å². The molecule has 0 saturated heterocycles. The van der Waals surface area contributed by atoms with E-state index in [0.29, 0.717) is 11.1 Å². The summed E-state index contributed by atoms with van der Waals surface area (Å²) in [5.41, 5.74) is -0.456. The highest BCUT2D eigenvalue weighted by molar-refractivity contribution is 7.49. The van der Waals surface area contributed by atoms with Crippen LogP contribution in [0.1, 0.15) is 17.0 Å². The molecule has 0 aliphatic heterocycles. The van der Waals surface area contributed by atoms with Crippen molar-refractivity contribution in [3.63, 3.8) is 0 Å². The number of hydrogen-bond acceptors (Lipinski definition) is 5.